The zero-order valence-electron chi connectivity index (χ0n) is 19.1. The van der Waals surface area contributed by atoms with Crippen LogP contribution in [0, 0.1) is 0 Å². The summed E-state index contributed by atoms with van der Waals surface area (Å²) in [5, 5.41) is 68.0. The lowest BCUT2D eigenvalue weighted by Crippen LogP contribution is -2.58. The van der Waals surface area contributed by atoms with Gasteiger partial charge in [0.15, 0.2) is 23.0 Å². The van der Waals surface area contributed by atoms with Crippen molar-refractivity contribution in [1.82, 2.24) is 0 Å². The molecular formula is C25H24O12. The summed E-state index contributed by atoms with van der Waals surface area (Å²) in [6, 6.07) is 7.44. The van der Waals surface area contributed by atoms with Crippen molar-refractivity contribution in [2.45, 2.75) is 36.8 Å². The van der Waals surface area contributed by atoms with Crippen molar-refractivity contribution < 1.29 is 59.6 Å². The molecule has 7 N–H and O–H groups in total. The minimum absolute atomic E-state index is 0.288. The van der Waals surface area contributed by atoms with Gasteiger partial charge in [-0.25, -0.2) is 14.4 Å². The largest absolute Gasteiger partial charge is 0.504 e. The van der Waals surface area contributed by atoms with Crippen molar-refractivity contribution in [3.8, 4) is 23.0 Å². The molecule has 1 fully saturated rings. The van der Waals surface area contributed by atoms with Crippen LogP contribution in [-0.2, 0) is 23.9 Å². The molecule has 196 valence electrons. The molecule has 1 aliphatic carbocycles. The number of phenolic OH excluding ortho intramolecular Hbond substituents is 4. The lowest BCUT2D eigenvalue weighted by Gasteiger charge is -2.41. The van der Waals surface area contributed by atoms with Gasteiger partial charge in [0.05, 0.1) is 6.10 Å². The molecule has 0 saturated heterocycles. The van der Waals surface area contributed by atoms with Crippen molar-refractivity contribution in [3.63, 3.8) is 0 Å². The van der Waals surface area contributed by atoms with Gasteiger partial charge in [-0.1, -0.05) is 12.1 Å². The Morgan fingerprint density at radius 2 is 1.30 bits per heavy atom. The lowest BCUT2D eigenvalue weighted by molar-refractivity contribution is -0.207. The van der Waals surface area contributed by atoms with E-state index < -0.39 is 66.2 Å². The van der Waals surface area contributed by atoms with Crippen LogP contribution < -0.4 is 0 Å². The normalized spacial score (nSPS) is 23.7. The number of esters is 2. The second kappa shape index (κ2) is 11.0. The number of hydrogen-bond acceptors (Lipinski definition) is 11. The average molecular weight is 516 g/mol. The van der Waals surface area contributed by atoms with E-state index in [-0.39, 0.29) is 17.1 Å². The summed E-state index contributed by atoms with van der Waals surface area (Å²) >= 11 is 0. The van der Waals surface area contributed by atoms with Crippen molar-refractivity contribution >= 4 is 30.1 Å². The molecule has 4 atom stereocenters. The van der Waals surface area contributed by atoms with Crippen molar-refractivity contribution in [2.24, 2.45) is 0 Å². The first kappa shape index (κ1) is 27.0. The lowest BCUT2D eigenvalue weighted by atomic mass is 9.79. The molecule has 0 aromatic heterocycles. The van der Waals surface area contributed by atoms with Crippen LogP contribution >= 0.6 is 0 Å². The zero-order chi connectivity index (χ0) is 27.3. The van der Waals surface area contributed by atoms with E-state index in [9.17, 15) is 50.1 Å². The van der Waals surface area contributed by atoms with Gasteiger partial charge in [-0.3, -0.25) is 0 Å². The monoisotopic (exact) mass is 516 g/mol. The highest BCUT2D eigenvalue weighted by atomic mass is 16.6. The van der Waals surface area contributed by atoms with E-state index in [2.05, 4.69) is 0 Å². The highest BCUT2D eigenvalue weighted by Gasteiger charge is 2.54. The minimum atomic E-state index is -2.34. The van der Waals surface area contributed by atoms with Gasteiger partial charge in [-0.15, -0.1) is 0 Å². The van der Waals surface area contributed by atoms with Gasteiger partial charge >= 0.3 is 17.9 Å². The topological polar surface area (TPSA) is 211 Å². The molecule has 1 saturated carbocycles. The first-order valence-corrected chi connectivity index (χ1v) is 10.8. The number of ether oxygens (including phenoxy) is 2. The molecule has 1 aliphatic rings. The molecular weight excluding hydrogens is 492 g/mol. The van der Waals surface area contributed by atoms with Crippen LogP contribution in [-0.4, -0.2) is 77.6 Å². The Bertz CT molecular complexity index is 1250. The molecule has 37 heavy (non-hydrogen) atoms. The third-order valence-corrected chi connectivity index (χ3v) is 5.62. The summed E-state index contributed by atoms with van der Waals surface area (Å²) < 4.78 is 10.2. The Morgan fingerprint density at radius 3 is 1.78 bits per heavy atom. The molecule has 2 aromatic rings. The number of hydrogen-bond donors (Lipinski definition) is 7. The molecule has 12 heteroatoms. The predicted molar refractivity (Wildman–Crippen MR) is 125 cm³/mol. The maximum Gasteiger partial charge on any atom is 0.348 e. The van der Waals surface area contributed by atoms with Crippen LogP contribution in [0.25, 0.3) is 12.2 Å². The highest BCUT2D eigenvalue weighted by molar-refractivity contribution is 5.91. The van der Waals surface area contributed by atoms with Crippen LogP contribution in [0.15, 0.2) is 48.6 Å². The van der Waals surface area contributed by atoms with E-state index in [1.54, 1.807) is 0 Å². The second-order valence-electron chi connectivity index (χ2n) is 8.33. The Hall–Kier alpha value is -4.55. The average Bonchev–Trinajstić information content (AvgIpc) is 2.83. The number of rotatable bonds is 7. The number of carboxylic acids is 1. The maximum absolute atomic E-state index is 12.4. The molecule has 0 heterocycles. The smallest absolute Gasteiger partial charge is 0.348 e. The van der Waals surface area contributed by atoms with Crippen molar-refractivity contribution in [1.29, 1.82) is 0 Å². The minimum Gasteiger partial charge on any atom is -0.504 e. The molecule has 0 spiro atoms. The Balaban J connectivity index is 1.73. The number of aliphatic hydroxyl groups is 2. The van der Waals surface area contributed by atoms with E-state index in [1.165, 1.54) is 42.5 Å². The zero-order valence-corrected chi connectivity index (χ0v) is 19.1. The summed E-state index contributed by atoms with van der Waals surface area (Å²) in [5.74, 6) is -5.41. The van der Waals surface area contributed by atoms with Gasteiger partial charge in [0.25, 0.3) is 0 Å². The fraction of sp³-hybridized carbons (Fsp3) is 0.240. The molecule has 12 nitrogen and oxygen atoms in total. The van der Waals surface area contributed by atoms with Crippen molar-refractivity contribution in [2.75, 3.05) is 0 Å². The molecule has 0 radical (unpaired) electrons. The van der Waals surface area contributed by atoms with Crippen LogP contribution in [0.5, 0.6) is 23.0 Å². The second-order valence-corrected chi connectivity index (χ2v) is 8.33. The fourth-order valence-electron chi connectivity index (χ4n) is 3.68. The number of benzene rings is 2. The molecule has 2 aromatic carbocycles. The van der Waals surface area contributed by atoms with Gasteiger partial charge in [0.1, 0.15) is 12.2 Å². The molecule has 0 amide bonds. The first-order chi connectivity index (χ1) is 17.4. The summed E-state index contributed by atoms with van der Waals surface area (Å²) in [5.41, 5.74) is -1.73. The summed E-state index contributed by atoms with van der Waals surface area (Å²) in [6.45, 7) is 0. The van der Waals surface area contributed by atoms with Crippen LogP contribution in [0.1, 0.15) is 24.0 Å². The third-order valence-electron chi connectivity index (χ3n) is 5.62. The number of aromatic hydroxyl groups is 4. The standard InChI is InChI=1S/C25H24O12/c26-15-5-1-13(9-17(15)28)3-7-21(31)36-20-12-25(24(34)35,11-19(30)23(20)33)37-22(32)8-4-14-2-6-16(27)18(29)10-14/h1-10,19-20,23,26-30,33H,11-12H2,(H,34,35)/b7-3+,8-4+/t19-,20+,23-,25+/m1/s1. The van der Waals surface area contributed by atoms with Gasteiger partial charge in [-0.05, 0) is 47.5 Å². The Labute approximate surface area is 209 Å². The fourth-order valence-corrected chi connectivity index (χ4v) is 3.68. The molecule has 0 aliphatic heterocycles. The van der Waals surface area contributed by atoms with E-state index in [0.717, 1.165) is 18.2 Å². The van der Waals surface area contributed by atoms with Gasteiger partial charge < -0.3 is 45.2 Å². The Morgan fingerprint density at radius 1 is 0.784 bits per heavy atom. The first-order valence-electron chi connectivity index (χ1n) is 10.8. The van der Waals surface area contributed by atoms with E-state index in [1.807, 2.05) is 0 Å². The predicted octanol–water partition coefficient (Wildman–Crippen LogP) is 1.03. The number of carboxylic acid groups (broad SMARTS) is 1. The summed E-state index contributed by atoms with van der Waals surface area (Å²) in [4.78, 5) is 36.7. The number of phenols is 4. The van der Waals surface area contributed by atoms with Crippen molar-refractivity contribution in [3.05, 3.63) is 59.7 Å². The molecule has 3 rings (SSSR count). The SMILES string of the molecule is O=C(/C=C/c1ccc(O)c(O)c1)O[C@H]1C[C@](OC(=O)/C=C/c2ccc(O)c(O)c2)(C(=O)O)C[C@@H](O)[C@H]1O. The maximum atomic E-state index is 12.4. The number of carbonyl (C=O) groups is 3. The van der Waals surface area contributed by atoms with Gasteiger partial charge in [-0.2, -0.15) is 0 Å². The molecule has 0 unspecified atom stereocenters. The Kier molecular flexibility index (Phi) is 8.05. The van der Waals surface area contributed by atoms with Crippen LogP contribution in [0.3, 0.4) is 0 Å². The number of carbonyl (C=O) groups excluding carboxylic acids is 2. The number of aliphatic hydroxyl groups excluding tert-OH is 2. The van der Waals surface area contributed by atoms with Crippen LogP contribution in [0.4, 0.5) is 0 Å². The molecule has 0 bridgehead atoms. The quantitative estimate of drug-likeness (QED) is 0.156. The van der Waals surface area contributed by atoms with E-state index in [0.29, 0.717) is 5.56 Å². The number of aliphatic carboxylic acids is 1. The van der Waals surface area contributed by atoms with Gasteiger partial charge in [0.2, 0.25) is 5.60 Å². The van der Waals surface area contributed by atoms with Crippen LogP contribution in [0.2, 0.25) is 0 Å². The summed E-state index contributed by atoms with van der Waals surface area (Å²) in [6.07, 6.45) is -2.09. The highest BCUT2D eigenvalue weighted by Crippen LogP contribution is 2.35. The third kappa shape index (κ3) is 6.57. The summed E-state index contributed by atoms with van der Waals surface area (Å²) in [7, 11) is 0. The van der Waals surface area contributed by atoms with E-state index in [4.69, 9.17) is 9.47 Å². The van der Waals surface area contributed by atoms with E-state index >= 15 is 0 Å². The van der Waals surface area contributed by atoms with Gasteiger partial charge in [0, 0.05) is 25.0 Å².